The highest BCUT2D eigenvalue weighted by atomic mass is 16.5. The number of nitrogens with one attached hydrogen (secondary N) is 1. The van der Waals surface area contributed by atoms with Crippen LogP contribution in [0.1, 0.15) is 12.8 Å². The molecule has 1 N–H and O–H groups in total. The van der Waals surface area contributed by atoms with E-state index in [-0.39, 0.29) is 11.9 Å². The van der Waals surface area contributed by atoms with Crippen LogP contribution in [0, 0.1) is 0 Å². The fourth-order valence-electron chi connectivity index (χ4n) is 2.06. The van der Waals surface area contributed by atoms with Gasteiger partial charge in [0, 0.05) is 12.7 Å². The van der Waals surface area contributed by atoms with E-state index < -0.39 is 0 Å². The topological polar surface area (TPSA) is 41.6 Å². The molecule has 0 bridgehead atoms. The summed E-state index contributed by atoms with van der Waals surface area (Å²) in [5.74, 6) is 0.932. The average Bonchev–Trinajstić information content (AvgIpc) is 2.91. The quantitative estimate of drug-likeness (QED) is 0.859. The predicted octanol–water partition coefficient (Wildman–Crippen LogP) is 1.41. The van der Waals surface area contributed by atoms with Gasteiger partial charge in [-0.05, 0) is 43.7 Å². The molecule has 2 rings (SSSR count). The first-order chi connectivity index (χ1) is 8.22. The van der Waals surface area contributed by atoms with E-state index >= 15 is 0 Å². The Morgan fingerprint density at radius 3 is 2.65 bits per heavy atom. The third-order valence-electron chi connectivity index (χ3n) is 3.15. The maximum atomic E-state index is 12.1. The first-order valence-corrected chi connectivity index (χ1v) is 5.87. The number of methoxy groups -OCH3 is 1. The molecular formula is C13H18N2O2. The van der Waals surface area contributed by atoms with Crippen LogP contribution in [0.25, 0.3) is 0 Å². The van der Waals surface area contributed by atoms with Crippen molar-refractivity contribution in [3.8, 4) is 5.75 Å². The lowest BCUT2D eigenvalue weighted by atomic mass is 10.2. The number of ether oxygens (including phenoxy) is 1. The van der Waals surface area contributed by atoms with Crippen molar-refractivity contribution in [2.24, 2.45) is 0 Å². The Hall–Kier alpha value is -1.55. The predicted molar refractivity (Wildman–Crippen MR) is 67.4 cm³/mol. The second-order valence-corrected chi connectivity index (χ2v) is 4.24. The lowest BCUT2D eigenvalue weighted by Crippen LogP contribution is -2.41. The number of hydrogen-bond donors (Lipinski definition) is 1. The van der Waals surface area contributed by atoms with Crippen molar-refractivity contribution in [1.82, 2.24) is 5.32 Å². The molecule has 0 saturated carbocycles. The van der Waals surface area contributed by atoms with Crippen LogP contribution < -0.4 is 15.0 Å². The maximum Gasteiger partial charge on any atom is 0.243 e. The van der Waals surface area contributed by atoms with Crippen LogP contribution in [0.2, 0.25) is 0 Å². The molecule has 1 atom stereocenters. The summed E-state index contributed by atoms with van der Waals surface area (Å²) in [6, 6.07) is 7.49. The fraction of sp³-hybridized carbons (Fsp3) is 0.462. The molecular weight excluding hydrogens is 216 g/mol. The highest BCUT2D eigenvalue weighted by Gasteiger charge is 2.25. The number of benzene rings is 1. The summed E-state index contributed by atoms with van der Waals surface area (Å²) in [6.45, 7) is 0.937. The number of anilines is 1. The monoisotopic (exact) mass is 234 g/mol. The van der Waals surface area contributed by atoms with Crippen molar-refractivity contribution < 1.29 is 9.53 Å². The van der Waals surface area contributed by atoms with E-state index in [1.54, 1.807) is 12.0 Å². The number of carbonyl (C=O) groups is 1. The molecule has 0 aliphatic carbocycles. The van der Waals surface area contributed by atoms with Gasteiger partial charge in [-0.1, -0.05) is 0 Å². The first kappa shape index (κ1) is 11.9. The Labute approximate surface area is 102 Å². The van der Waals surface area contributed by atoms with Crippen molar-refractivity contribution in [1.29, 1.82) is 0 Å². The third-order valence-corrected chi connectivity index (χ3v) is 3.15. The van der Waals surface area contributed by atoms with E-state index in [0.29, 0.717) is 0 Å². The van der Waals surface area contributed by atoms with Crippen molar-refractivity contribution in [3.63, 3.8) is 0 Å². The summed E-state index contributed by atoms with van der Waals surface area (Å²) in [4.78, 5) is 13.8. The standard InChI is InChI=1S/C13H18N2O2/c1-15(13(16)12-4-3-9-14-12)10-5-7-11(17-2)8-6-10/h5-8,12,14H,3-4,9H2,1-2H3/t12-/m0/s1. The van der Waals surface area contributed by atoms with E-state index in [2.05, 4.69) is 5.32 Å². The van der Waals surface area contributed by atoms with Crippen LogP contribution in [0.5, 0.6) is 5.75 Å². The molecule has 0 radical (unpaired) electrons. The van der Waals surface area contributed by atoms with E-state index in [1.807, 2.05) is 31.3 Å². The molecule has 92 valence electrons. The second-order valence-electron chi connectivity index (χ2n) is 4.24. The normalized spacial score (nSPS) is 19.1. The molecule has 0 spiro atoms. The minimum absolute atomic E-state index is 0.0258. The van der Waals surface area contributed by atoms with Crippen LogP contribution in [-0.4, -0.2) is 32.7 Å². The van der Waals surface area contributed by atoms with Gasteiger partial charge in [0.05, 0.1) is 13.2 Å². The van der Waals surface area contributed by atoms with Gasteiger partial charge in [-0.2, -0.15) is 0 Å². The number of nitrogens with zero attached hydrogens (tertiary/aromatic N) is 1. The lowest BCUT2D eigenvalue weighted by Gasteiger charge is -2.21. The van der Waals surface area contributed by atoms with Gasteiger partial charge in [0.1, 0.15) is 5.75 Å². The van der Waals surface area contributed by atoms with Crippen molar-refractivity contribution in [2.45, 2.75) is 18.9 Å². The van der Waals surface area contributed by atoms with Crippen LogP contribution >= 0.6 is 0 Å². The number of amides is 1. The fourth-order valence-corrected chi connectivity index (χ4v) is 2.06. The van der Waals surface area contributed by atoms with Gasteiger partial charge in [-0.25, -0.2) is 0 Å². The molecule has 0 aromatic heterocycles. The Balaban J connectivity index is 2.07. The largest absolute Gasteiger partial charge is 0.497 e. The van der Waals surface area contributed by atoms with Crippen LogP contribution in [0.3, 0.4) is 0 Å². The molecule has 17 heavy (non-hydrogen) atoms. The number of likely N-dealkylation sites (N-methyl/N-ethyl adjacent to an activating group) is 1. The van der Waals surface area contributed by atoms with E-state index in [1.165, 1.54) is 0 Å². The van der Waals surface area contributed by atoms with Gasteiger partial charge >= 0.3 is 0 Å². The van der Waals surface area contributed by atoms with Crippen molar-refractivity contribution in [3.05, 3.63) is 24.3 Å². The Kier molecular flexibility index (Phi) is 3.64. The van der Waals surface area contributed by atoms with Crippen LogP contribution in [-0.2, 0) is 4.79 Å². The summed E-state index contributed by atoms with van der Waals surface area (Å²) in [6.07, 6.45) is 2.01. The number of hydrogen-bond acceptors (Lipinski definition) is 3. The molecule has 1 aromatic carbocycles. The van der Waals surface area contributed by atoms with Crippen molar-refractivity contribution in [2.75, 3.05) is 25.6 Å². The molecule has 4 nitrogen and oxygen atoms in total. The third kappa shape index (κ3) is 2.58. The van der Waals surface area contributed by atoms with E-state index in [0.717, 1.165) is 30.8 Å². The molecule has 1 amide bonds. The minimum atomic E-state index is -0.0258. The zero-order chi connectivity index (χ0) is 12.3. The molecule has 1 saturated heterocycles. The van der Waals surface area contributed by atoms with E-state index in [4.69, 9.17) is 4.74 Å². The molecule has 4 heteroatoms. The van der Waals surface area contributed by atoms with Crippen molar-refractivity contribution >= 4 is 11.6 Å². The summed E-state index contributed by atoms with van der Waals surface area (Å²) in [5.41, 5.74) is 0.893. The van der Waals surface area contributed by atoms with Gasteiger partial charge < -0.3 is 15.0 Å². The molecule has 1 aliphatic heterocycles. The Bertz CT molecular complexity index is 383. The lowest BCUT2D eigenvalue weighted by molar-refractivity contribution is -0.119. The van der Waals surface area contributed by atoms with E-state index in [9.17, 15) is 4.79 Å². The number of rotatable bonds is 3. The SMILES string of the molecule is COc1ccc(N(C)C(=O)[C@@H]2CCCN2)cc1. The first-order valence-electron chi connectivity index (χ1n) is 5.87. The number of carbonyl (C=O) groups excluding carboxylic acids is 1. The summed E-state index contributed by atoms with van der Waals surface area (Å²) < 4.78 is 5.09. The van der Waals surface area contributed by atoms with Gasteiger partial charge in [0.15, 0.2) is 0 Å². The smallest absolute Gasteiger partial charge is 0.243 e. The van der Waals surface area contributed by atoms with Gasteiger partial charge in [0.2, 0.25) is 5.91 Å². The van der Waals surface area contributed by atoms with Crippen LogP contribution in [0.15, 0.2) is 24.3 Å². The molecule has 0 unspecified atom stereocenters. The zero-order valence-electron chi connectivity index (χ0n) is 10.3. The Morgan fingerprint density at radius 1 is 1.41 bits per heavy atom. The summed E-state index contributed by atoms with van der Waals surface area (Å²) in [5, 5.41) is 3.21. The summed E-state index contributed by atoms with van der Waals surface area (Å²) >= 11 is 0. The maximum absolute atomic E-state index is 12.1. The molecule has 1 aromatic rings. The Morgan fingerprint density at radius 2 is 2.12 bits per heavy atom. The minimum Gasteiger partial charge on any atom is -0.497 e. The van der Waals surface area contributed by atoms with Gasteiger partial charge in [0.25, 0.3) is 0 Å². The average molecular weight is 234 g/mol. The highest BCUT2D eigenvalue weighted by molar-refractivity contribution is 5.96. The molecule has 1 aliphatic rings. The zero-order valence-corrected chi connectivity index (χ0v) is 10.3. The second kappa shape index (κ2) is 5.19. The van der Waals surface area contributed by atoms with Gasteiger partial charge in [-0.15, -0.1) is 0 Å². The molecule has 1 heterocycles. The van der Waals surface area contributed by atoms with Gasteiger partial charge in [-0.3, -0.25) is 4.79 Å². The highest BCUT2D eigenvalue weighted by Crippen LogP contribution is 2.20. The molecule has 1 fully saturated rings. The van der Waals surface area contributed by atoms with Crippen LogP contribution in [0.4, 0.5) is 5.69 Å². The summed E-state index contributed by atoms with van der Waals surface area (Å²) in [7, 11) is 3.44.